The molecule has 0 spiro atoms. The largest absolute Gasteiger partial charge is 0.417 e. The highest BCUT2D eigenvalue weighted by Crippen LogP contribution is 2.31. The quantitative estimate of drug-likeness (QED) is 0.904. The lowest BCUT2D eigenvalue weighted by Crippen LogP contribution is -2.45. The molecule has 1 saturated heterocycles. The van der Waals surface area contributed by atoms with Crippen LogP contribution in [-0.4, -0.2) is 55.5 Å². The fourth-order valence-electron chi connectivity index (χ4n) is 2.87. The Bertz CT molecular complexity index is 624. The molecule has 138 valence electrons. The lowest BCUT2D eigenvalue weighted by Gasteiger charge is -2.33. The number of carbonyl (C=O) groups excluding carboxylic acids is 2. The van der Waals surface area contributed by atoms with Crippen LogP contribution < -0.4 is 5.32 Å². The molecule has 5 nitrogen and oxygen atoms in total. The number of nitrogens with zero attached hydrogens (tertiary/aromatic N) is 2. The number of benzene rings is 1. The monoisotopic (exact) mass is 357 g/mol. The number of amides is 3. The molecule has 0 bridgehead atoms. The molecule has 1 heterocycles. The normalized spacial score (nSPS) is 15.8. The molecule has 0 aromatic heterocycles. The summed E-state index contributed by atoms with van der Waals surface area (Å²) in [6, 6.07) is 4.70. The Kier molecular flexibility index (Phi) is 5.92. The Labute approximate surface area is 144 Å². The summed E-state index contributed by atoms with van der Waals surface area (Å²) in [6.07, 6.45) is -3.15. The molecule has 25 heavy (non-hydrogen) atoms. The summed E-state index contributed by atoms with van der Waals surface area (Å²) in [7, 11) is 3.37. The highest BCUT2D eigenvalue weighted by atomic mass is 19.4. The summed E-state index contributed by atoms with van der Waals surface area (Å²) in [5, 5.41) is 2.60. The van der Waals surface area contributed by atoms with E-state index in [4.69, 9.17) is 0 Å². The summed E-state index contributed by atoms with van der Waals surface area (Å²) in [5.41, 5.74) is -1.30. The maximum absolute atomic E-state index is 13.0. The second-order valence-corrected chi connectivity index (χ2v) is 6.36. The van der Waals surface area contributed by atoms with Crippen molar-refractivity contribution in [1.29, 1.82) is 0 Å². The van der Waals surface area contributed by atoms with E-state index in [0.717, 1.165) is 6.07 Å². The third kappa shape index (κ3) is 4.87. The van der Waals surface area contributed by atoms with Gasteiger partial charge < -0.3 is 15.1 Å². The average molecular weight is 357 g/mol. The number of hydrogen-bond acceptors (Lipinski definition) is 2. The zero-order valence-corrected chi connectivity index (χ0v) is 14.3. The van der Waals surface area contributed by atoms with E-state index in [1.54, 1.807) is 19.0 Å². The van der Waals surface area contributed by atoms with Gasteiger partial charge in [-0.3, -0.25) is 4.79 Å². The number of nitrogens with one attached hydrogen (secondary N) is 1. The number of rotatable bonds is 3. The summed E-state index contributed by atoms with van der Waals surface area (Å²) in [5.74, 6) is -0.576. The van der Waals surface area contributed by atoms with Gasteiger partial charge in [0.15, 0.2) is 0 Å². The SMILES string of the molecule is CN(C)C(=O)N1CCC(CNC(=O)c2ccccc2C(F)(F)F)CC1. The number of alkyl halides is 3. The van der Waals surface area contributed by atoms with E-state index in [0.29, 0.717) is 32.5 Å². The average Bonchev–Trinajstić information content (AvgIpc) is 2.58. The molecular weight excluding hydrogens is 335 g/mol. The van der Waals surface area contributed by atoms with Crippen molar-refractivity contribution in [2.45, 2.75) is 19.0 Å². The number of halogens is 3. The van der Waals surface area contributed by atoms with E-state index >= 15 is 0 Å². The number of likely N-dealkylation sites (tertiary alicyclic amines) is 1. The Hall–Kier alpha value is -2.25. The molecule has 2 rings (SSSR count). The van der Waals surface area contributed by atoms with Gasteiger partial charge >= 0.3 is 12.2 Å². The van der Waals surface area contributed by atoms with Crippen molar-refractivity contribution >= 4 is 11.9 Å². The third-order valence-corrected chi connectivity index (χ3v) is 4.30. The van der Waals surface area contributed by atoms with E-state index in [-0.39, 0.29) is 17.5 Å². The van der Waals surface area contributed by atoms with Crippen LogP contribution in [0.1, 0.15) is 28.8 Å². The van der Waals surface area contributed by atoms with Crippen LogP contribution in [0.2, 0.25) is 0 Å². The van der Waals surface area contributed by atoms with Crippen LogP contribution >= 0.6 is 0 Å². The first-order valence-corrected chi connectivity index (χ1v) is 8.10. The Balaban J connectivity index is 1.89. The molecule has 0 unspecified atom stereocenters. The van der Waals surface area contributed by atoms with Crippen LogP contribution in [0.5, 0.6) is 0 Å². The minimum atomic E-state index is -4.56. The first-order chi connectivity index (χ1) is 11.7. The summed E-state index contributed by atoms with van der Waals surface area (Å²) < 4.78 is 38.9. The van der Waals surface area contributed by atoms with Crippen molar-refractivity contribution in [2.24, 2.45) is 5.92 Å². The molecule has 0 radical (unpaired) electrons. The highest BCUT2D eigenvalue weighted by Gasteiger charge is 2.35. The summed E-state index contributed by atoms with van der Waals surface area (Å²) >= 11 is 0. The zero-order valence-electron chi connectivity index (χ0n) is 14.3. The van der Waals surface area contributed by atoms with Gasteiger partial charge in [0.2, 0.25) is 0 Å². The minimum Gasteiger partial charge on any atom is -0.352 e. The Morgan fingerprint density at radius 2 is 1.80 bits per heavy atom. The van der Waals surface area contributed by atoms with E-state index in [2.05, 4.69) is 5.32 Å². The van der Waals surface area contributed by atoms with Gasteiger partial charge in [0.25, 0.3) is 5.91 Å². The molecule has 1 aromatic carbocycles. The molecule has 3 amide bonds. The van der Waals surface area contributed by atoms with Crippen LogP contribution in [0.15, 0.2) is 24.3 Å². The smallest absolute Gasteiger partial charge is 0.352 e. The maximum atomic E-state index is 13.0. The van der Waals surface area contributed by atoms with Crippen molar-refractivity contribution < 1.29 is 22.8 Å². The molecule has 1 aliphatic heterocycles. The molecule has 1 aromatic rings. The number of urea groups is 1. The van der Waals surface area contributed by atoms with Gasteiger partial charge in [0.1, 0.15) is 0 Å². The van der Waals surface area contributed by atoms with Gasteiger partial charge in [0, 0.05) is 33.7 Å². The van der Waals surface area contributed by atoms with Crippen molar-refractivity contribution in [3.8, 4) is 0 Å². The number of piperidine rings is 1. The van der Waals surface area contributed by atoms with Gasteiger partial charge in [-0.2, -0.15) is 13.2 Å². The Morgan fingerprint density at radius 3 is 2.36 bits per heavy atom. The van der Waals surface area contributed by atoms with Gasteiger partial charge in [-0.25, -0.2) is 4.79 Å². The second-order valence-electron chi connectivity index (χ2n) is 6.36. The van der Waals surface area contributed by atoms with Crippen molar-refractivity contribution in [3.63, 3.8) is 0 Å². The topological polar surface area (TPSA) is 52.7 Å². The van der Waals surface area contributed by atoms with Crippen LogP contribution in [0, 0.1) is 5.92 Å². The van der Waals surface area contributed by atoms with E-state index in [9.17, 15) is 22.8 Å². The van der Waals surface area contributed by atoms with Crippen molar-refractivity contribution in [2.75, 3.05) is 33.7 Å². The van der Waals surface area contributed by atoms with Crippen LogP contribution in [0.4, 0.5) is 18.0 Å². The fourth-order valence-corrected chi connectivity index (χ4v) is 2.87. The molecule has 0 atom stereocenters. The molecular formula is C17H22F3N3O2. The molecule has 1 N–H and O–H groups in total. The van der Waals surface area contributed by atoms with Crippen LogP contribution in [0.25, 0.3) is 0 Å². The maximum Gasteiger partial charge on any atom is 0.417 e. The lowest BCUT2D eigenvalue weighted by atomic mass is 9.96. The van der Waals surface area contributed by atoms with Crippen LogP contribution in [0.3, 0.4) is 0 Å². The van der Waals surface area contributed by atoms with Gasteiger partial charge in [-0.1, -0.05) is 12.1 Å². The predicted molar refractivity (Wildman–Crippen MR) is 87.2 cm³/mol. The second kappa shape index (κ2) is 7.76. The van der Waals surface area contributed by atoms with Gasteiger partial charge in [0.05, 0.1) is 11.1 Å². The van der Waals surface area contributed by atoms with Crippen LogP contribution in [-0.2, 0) is 6.18 Å². The first-order valence-electron chi connectivity index (χ1n) is 8.10. The minimum absolute atomic E-state index is 0.0541. The van der Waals surface area contributed by atoms with E-state index in [1.807, 2.05) is 0 Å². The molecule has 1 fully saturated rings. The standard InChI is InChI=1S/C17H22F3N3O2/c1-22(2)16(25)23-9-7-12(8-10-23)11-21-15(24)13-5-3-4-6-14(13)17(18,19)20/h3-6,12H,7-11H2,1-2H3,(H,21,24). The fraction of sp³-hybridized carbons (Fsp3) is 0.529. The van der Waals surface area contributed by atoms with Crippen molar-refractivity contribution in [1.82, 2.24) is 15.1 Å². The zero-order chi connectivity index (χ0) is 18.6. The van der Waals surface area contributed by atoms with Crippen molar-refractivity contribution in [3.05, 3.63) is 35.4 Å². The van der Waals surface area contributed by atoms with E-state index < -0.39 is 17.6 Å². The number of hydrogen-bond donors (Lipinski definition) is 1. The highest BCUT2D eigenvalue weighted by molar-refractivity contribution is 5.95. The Morgan fingerprint density at radius 1 is 1.20 bits per heavy atom. The van der Waals surface area contributed by atoms with E-state index in [1.165, 1.54) is 23.1 Å². The summed E-state index contributed by atoms with van der Waals surface area (Å²) in [6.45, 7) is 1.46. The molecule has 1 aliphatic rings. The van der Waals surface area contributed by atoms with Gasteiger partial charge in [-0.15, -0.1) is 0 Å². The molecule has 0 saturated carbocycles. The third-order valence-electron chi connectivity index (χ3n) is 4.30. The molecule has 8 heteroatoms. The number of carbonyl (C=O) groups is 2. The molecule has 0 aliphatic carbocycles. The summed E-state index contributed by atoms with van der Waals surface area (Å²) in [4.78, 5) is 27.2. The first kappa shape index (κ1) is 19.1. The predicted octanol–water partition coefficient (Wildman–Crippen LogP) is 2.83. The lowest BCUT2D eigenvalue weighted by molar-refractivity contribution is -0.137. The van der Waals surface area contributed by atoms with Gasteiger partial charge in [-0.05, 0) is 30.9 Å².